The van der Waals surface area contributed by atoms with Crippen LogP contribution in [0.4, 0.5) is 10.1 Å². The van der Waals surface area contributed by atoms with Gasteiger partial charge in [0.1, 0.15) is 18.4 Å². The summed E-state index contributed by atoms with van der Waals surface area (Å²) >= 11 is 0. The lowest BCUT2D eigenvalue weighted by Gasteiger charge is -2.34. The summed E-state index contributed by atoms with van der Waals surface area (Å²) < 4.78 is 44.6. The molecule has 9 heteroatoms. The highest BCUT2D eigenvalue weighted by Gasteiger charge is 2.35. The van der Waals surface area contributed by atoms with E-state index in [4.69, 9.17) is 0 Å². The summed E-state index contributed by atoms with van der Waals surface area (Å²) in [6.07, 6.45) is 0.147. The Morgan fingerprint density at radius 1 is 0.822 bits per heavy atom. The molecular formula is C36H40FN3O4S. The molecule has 7 nitrogen and oxygen atoms in total. The number of nitrogens with one attached hydrogen (secondary N) is 1. The van der Waals surface area contributed by atoms with Crippen LogP contribution in [0, 0.1) is 26.6 Å². The van der Waals surface area contributed by atoms with Gasteiger partial charge in [-0.05, 0) is 75.6 Å². The van der Waals surface area contributed by atoms with Gasteiger partial charge in [0.05, 0.1) is 10.6 Å². The molecule has 236 valence electrons. The first kappa shape index (κ1) is 33.4. The van der Waals surface area contributed by atoms with Crippen molar-refractivity contribution in [3.63, 3.8) is 0 Å². The number of benzene rings is 4. The minimum atomic E-state index is -4.23. The number of hydrogen-bond acceptors (Lipinski definition) is 4. The van der Waals surface area contributed by atoms with Crippen LogP contribution in [0.25, 0.3) is 0 Å². The van der Waals surface area contributed by atoms with Gasteiger partial charge in [0.2, 0.25) is 11.8 Å². The Morgan fingerprint density at radius 2 is 1.44 bits per heavy atom. The van der Waals surface area contributed by atoms with Crippen molar-refractivity contribution in [2.24, 2.45) is 0 Å². The van der Waals surface area contributed by atoms with E-state index in [0.717, 1.165) is 21.0 Å². The number of hydrogen-bond donors (Lipinski definition) is 1. The maximum absolute atomic E-state index is 15.0. The molecule has 0 aliphatic carbocycles. The van der Waals surface area contributed by atoms with Crippen LogP contribution in [0.5, 0.6) is 0 Å². The highest BCUT2D eigenvalue weighted by atomic mass is 32.2. The molecule has 1 N–H and O–H groups in total. The Balaban J connectivity index is 1.84. The number of carbonyl (C=O) groups is 2. The predicted molar refractivity (Wildman–Crippen MR) is 176 cm³/mol. The third kappa shape index (κ3) is 8.36. The van der Waals surface area contributed by atoms with E-state index >= 15 is 4.39 Å². The first-order valence-corrected chi connectivity index (χ1v) is 16.3. The molecule has 0 aliphatic rings. The molecule has 1 atom stereocenters. The molecule has 0 heterocycles. The topological polar surface area (TPSA) is 86.8 Å². The molecule has 45 heavy (non-hydrogen) atoms. The lowest BCUT2D eigenvalue weighted by molar-refractivity contribution is -0.140. The fourth-order valence-electron chi connectivity index (χ4n) is 5.08. The zero-order chi connectivity index (χ0) is 32.7. The van der Waals surface area contributed by atoms with Gasteiger partial charge in [-0.25, -0.2) is 12.8 Å². The van der Waals surface area contributed by atoms with E-state index in [1.54, 1.807) is 49.4 Å². The molecule has 2 amide bonds. The minimum absolute atomic E-state index is 0.0286. The van der Waals surface area contributed by atoms with E-state index in [9.17, 15) is 18.0 Å². The van der Waals surface area contributed by atoms with E-state index in [0.29, 0.717) is 11.3 Å². The zero-order valence-electron chi connectivity index (χ0n) is 26.3. The smallest absolute Gasteiger partial charge is 0.264 e. The fourth-order valence-corrected chi connectivity index (χ4v) is 6.55. The van der Waals surface area contributed by atoms with Gasteiger partial charge in [-0.2, -0.15) is 0 Å². The normalized spacial score (nSPS) is 12.1. The summed E-state index contributed by atoms with van der Waals surface area (Å²) in [4.78, 5) is 29.6. The van der Waals surface area contributed by atoms with Crippen LogP contribution in [0.2, 0.25) is 0 Å². The van der Waals surface area contributed by atoms with Crippen molar-refractivity contribution < 1.29 is 22.4 Å². The lowest BCUT2D eigenvalue weighted by Crippen LogP contribution is -2.54. The van der Waals surface area contributed by atoms with Crippen LogP contribution in [0.3, 0.4) is 0 Å². The quantitative estimate of drug-likeness (QED) is 0.205. The van der Waals surface area contributed by atoms with Gasteiger partial charge in [-0.1, -0.05) is 78.4 Å². The van der Waals surface area contributed by atoms with Gasteiger partial charge in [0.25, 0.3) is 10.0 Å². The summed E-state index contributed by atoms with van der Waals surface area (Å²) in [6.45, 7) is 8.28. The van der Waals surface area contributed by atoms with Crippen molar-refractivity contribution in [3.8, 4) is 0 Å². The van der Waals surface area contributed by atoms with Crippen molar-refractivity contribution in [3.05, 3.63) is 131 Å². The molecule has 0 radical (unpaired) electrons. The number of carbonyl (C=O) groups excluding carboxylic acids is 2. The van der Waals surface area contributed by atoms with Crippen LogP contribution in [0.1, 0.15) is 41.7 Å². The number of halogens is 1. The maximum Gasteiger partial charge on any atom is 0.264 e. The minimum Gasteiger partial charge on any atom is -0.352 e. The summed E-state index contributed by atoms with van der Waals surface area (Å²) in [7, 11) is -4.23. The number of amides is 2. The van der Waals surface area contributed by atoms with E-state index < -0.39 is 40.2 Å². The van der Waals surface area contributed by atoms with Crippen molar-refractivity contribution in [1.82, 2.24) is 10.2 Å². The number of aryl methyl sites for hydroxylation is 3. The first-order valence-electron chi connectivity index (χ1n) is 14.9. The van der Waals surface area contributed by atoms with Crippen LogP contribution < -0.4 is 9.62 Å². The van der Waals surface area contributed by atoms with Gasteiger partial charge in [0.15, 0.2) is 0 Å². The van der Waals surface area contributed by atoms with Crippen molar-refractivity contribution in [2.75, 3.05) is 10.8 Å². The highest BCUT2D eigenvalue weighted by molar-refractivity contribution is 7.92. The van der Waals surface area contributed by atoms with E-state index in [-0.39, 0.29) is 29.5 Å². The van der Waals surface area contributed by atoms with Gasteiger partial charge < -0.3 is 10.2 Å². The Kier molecular flexibility index (Phi) is 10.8. The van der Waals surface area contributed by atoms with Crippen LogP contribution >= 0.6 is 0 Å². The van der Waals surface area contributed by atoms with E-state index in [1.165, 1.54) is 23.1 Å². The van der Waals surface area contributed by atoms with Gasteiger partial charge >= 0.3 is 0 Å². The van der Waals surface area contributed by atoms with Gasteiger partial charge in [0, 0.05) is 24.6 Å². The van der Waals surface area contributed by atoms with Crippen LogP contribution in [-0.2, 0) is 32.6 Å². The summed E-state index contributed by atoms with van der Waals surface area (Å²) in [5.74, 6) is -1.59. The summed E-state index contributed by atoms with van der Waals surface area (Å²) in [5, 5.41) is 2.90. The van der Waals surface area contributed by atoms with Crippen molar-refractivity contribution in [1.29, 1.82) is 0 Å². The number of sulfonamides is 1. The SMILES string of the molecule is Cc1ccc(S(=O)(=O)N(CC(=O)N(Cc2ccccc2F)[C@@H](Cc2ccccc2)C(=O)NC(C)C)c2cc(C)ccc2C)cc1. The van der Waals surface area contributed by atoms with Gasteiger partial charge in [-0.15, -0.1) is 0 Å². The van der Waals surface area contributed by atoms with E-state index in [2.05, 4.69) is 5.32 Å². The molecule has 0 spiro atoms. The molecule has 4 aromatic rings. The Bertz CT molecular complexity index is 1740. The molecule has 0 unspecified atom stereocenters. The molecule has 4 rings (SSSR count). The zero-order valence-corrected chi connectivity index (χ0v) is 27.1. The average molecular weight is 630 g/mol. The third-order valence-corrected chi connectivity index (χ3v) is 9.30. The third-order valence-electron chi connectivity index (χ3n) is 7.52. The Morgan fingerprint density at radius 3 is 2.09 bits per heavy atom. The van der Waals surface area contributed by atoms with Crippen LogP contribution in [0.15, 0.2) is 102 Å². The molecule has 0 aliphatic heterocycles. The Labute approximate surface area is 265 Å². The van der Waals surface area contributed by atoms with Crippen molar-refractivity contribution in [2.45, 2.75) is 64.6 Å². The predicted octanol–water partition coefficient (Wildman–Crippen LogP) is 6.11. The molecule has 0 bridgehead atoms. The highest BCUT2D eigenvalue weighted by Crippen LogP contribution is 2.29. The lowest BCUT2D eigenvalue weighted by atomic mass is 10.0. The van der Waals surface area contributed by atoms with Crippen LogP contribution in [-0.4, -0.2) is 43.8 Å². The molecule has 0 saturated carbocycles. The second-order valence-electron chi connectivity index (χ2n) is 11.6. The molecule has 4 aromatic carbocycles. The largest absolute Gasteiger partial charge is 0.352 e. The van der Waals surface area contributed by atoms with Crippen molar-refractivity contribution >= 4 is 27.5 Å². The second-order valence-corrected chi connectivity index (χ2v) is 13.5. The van der Waals surface area contributed by atoms with E-state index in [1.807, 2.05) is 64.1 Å². The number of nitrogens with zero attached hydrogens (tertiary/aromatic N) is 2. The molecule has 0 fully saturated rings. The molecule has 0 aromatic heterocycles. The average Bonchev–Trinajstić information content (AvgIpc) is 3.00. The molecular weight excluding hydrogens is 589 g/mol. The monoisotopic (exact) mass is 629 g/mol. The number of anilines is 1. The standard InChI is InChI=1S/C36H40FN3O4S/c1-25(2)38-36(42)34(22-29-11-7-6-8-12-29)39(23-30-13-9-10-14-32(30)37)35(41)24-40(33-21-27(4)15-18-28(33)5)45(43,44)31-19-16-26(3)17-20-31/h6-21,25,34H,22-24H2,1-5H3,(H,38,42)/t34-/m0/s1. The van der Waals surface area contributed by atoms with Gasteiger partial charge in [-0.3, -0.25) is 13.9 Å². The number of rotatable bonds is 12. The first-order chi connectivity index (χ1) is 21.4. The maximum atomic E-state index is 15.0. The Hall–Kier alpha value is -4.50. The second kappa shape index (κ2) is 14.5. The fraction of sp³-hybridized carbons (Fsp3) is 0.278. The summed E-state index contributed by atoms with van der Waals surface area (Å²) in [5.41, 5.74) is 3.71. The molecule has 0 saturated heterocycles. The summed E-state index contributed by atoms with van der Waals surface area (Å²) in [6, 6.07) is 25.8.